The minimum Gasteiger partial charge on any atom is -0.325 e. The minimum absolute atomic E-state index is 0.0479. The lowest BCUT2D eigenvalue weighted by molar-refractivity contribution is -0.114. The zero-order valence-corrected chi connectivity index (χ0v) is 13.5. The molecule has 0 radical (unpaired) electrons. The summed E-state index contributed by atoms with van der Waals surface area (Å²) in [5.41, 5.74) is 1.31. The molecule has 0 bridgehead atoms. The summed E-state index contributed by atoms with van der Waals surface area (Å²) in [5.74, 6) is -2.68. The van der Waals surface area contributed by atoms with E-state index in [2.05, 4.69) is 5.32 Å². The van der Waals surface area contributed by atoms with Gasteiger partial charge in [0.2, 0.25) is 5.91 Å². The van der Waals surface area contributed by atoms with Gasteiger partial charge >= 0.3 is 5.97 Å². The van der Waals surface area contributed by atoms with E-state index in [0.29, 0.717) is 10.6 Å². The van der Waals surface area contributed by atoms with Gasteiger partial charge in [-0.2, -0.15) is 0 Å². The van der Waals surface area contributed by atoms with Gasteiger partial charge in [-0.25, -0.2) is 4.79 Å². The van der Waals surface area contributed by atoms with E-state index in [1.54, 1.807) is 31.2 Å². The molecule has 1 N–H and O–H groups in total. The first-order chi connectivity index (χ1) is 11.9. The minimum atomic E-state index is -0.915. The normalized spacial score (nSPS) is 12.8. The topological polar surface area (TPSA) is 92.8 Å². The van der Waals surface area contributed by atoms with Crippen LogP contribution in [0.3, 0.4) is 0 Å². The summed E-state index contributed by atoms with van der Waals surface area (Å²) < 4.78 is 0. The van der Waals surface area contributed by atoms with Crippen molar-refractivity contribution in [3.05, 3.63) is 64.7 Å². The maximum Gasteiger partial charge on any atom is 0.366 e. The van der Waals surface area contributed by atoms with Gasteiger partial charge in [-0.1, -0.05) is 29.3 Å². The number of para-hydroxylation sites is 1. The Kier molecular flexibility index (Phi) is 4.06. The van der Waals surface area contributed by atoms with Gasteiger partial charge in [0, 0.05) is 6.92 Å². The van der Waals surface area contributed by atoms with Crippen molar-refractivity contribution in [3.63, 3.8) is 0 Å². The van der Waals surface area contributed by atoms with Crippen molar-refractivity contribution in [2.45, 2.75) is 13.8 Å². The molecule has 1 aliphatic rings. The molecule has 0 fully saturated rings. The molecule has 25 heavy (non-hydrogen) atoms. The second-order valence-electron chi connectivity index (χ2n) is 5.51. The number of hydrogen-bond acceptors (Lipinski definition) is 5. The fourth-order valence-corrected chi connectivity index (χ4v) is 2.56. The Morgan fingerprint density at radius 1 is 0.960 bits per heavy atom. The highest BCUT2D eigenvalue weighted by atomic mass is 16.7. The predicted molar refractivity (Wildman–Crippen MR) is 87.8 cm³/mol. The molecule has 1 aliphatic heterocycles. The van der Waals surface area contributed by atoms with Gasteiger partial charge < -0.3 is 10.2 Å². The number of hydroxylamine groups is 2. The summed E-state index contributed by atoms with van der Waals surface area (Å²) in [6, 6.07) is 11.0. The lowest BCUT2D eigenvalue weighted by atomic mass is 10.1. The summed E-state index contributed by atoms with van der Waals surface area (Å²) >= 11 is 0. The van der Waals surface area contributed by atoms with Crippen molar-refractivity contribution in [1.29, 1.82) is 0 Å². The summed E-state index contributed by atoms with van der Waals surface area (Å²) in [6.07, 6.45) is 0. The Balaban J connectivity index is 1.90. The van der Waals surface area contributed by atoms with Crippen LogP contribution in [0.1, 0.15) is 43.6 Å². The van der Waals surface area contributed by atoms with E-state index in [-0.39, 0.29) is 28.3 Å². The van der Waals surface area contributed by atoms with Crippen molar-refractivity contribution in [1.82, 2.24) is 5.06 Å². The van der Waals surface area contributed by atoms with E-state index in [4.69, 9.17) is 4.84 Å². The largest absolute Gasteiger partial charge is 0.366 e. The molecule has 3 rings (SSSR count). The molecule has 0 atom stereocenters. The maximum atomic E-state index is 12.5. The Bertz CT molecular complexity index is 884. The molecular weight excluding hydrogens is 324 g/mol. The first-order valence-corrected chi connectivity index (χ1v) is 7.47. The van der Waals surface area contributed by atoms with Crippen LogP contribution >= 0.6 is 0 Å². The van der Waals surface area contributed by atoms with Crippen LogP contribution in [0, 0.1) is 6.92 Å². The lowest BCUT2D eigenvalue weighted by Gasteiger charge is -2.15. The van der Waals surface area contributed by atoms with Gasteiger partial charge in [0.05, 0.1) is 22.4 Å². The number of amides is 3. The number of imide groups is 1. The Labute approximate surface area is 143 Å². The highest BCUT2D eigenvalue weighted by Crippen LogP contribution is 2.26. The van der Waals surface area contributed by atoms with Crippen molar-refractivity contribution in [3.8, 4) is 0 Å². The SMILES string of the molecule is CC(=O)Nc1c(C)cccc1C(=O)ON1C(=O)c2ccccc2C1=O. The quantitative estimate of drug-likeness (QED) is 0.867. The van der Waals surface area contributed by atoms with E-state index >= 15 is 0 Å². The molecule has 0 aliphatic carbocycles. The highest BCUT2D eigenvalue weighted by Gasteiger charge is 2.39. The Morgan fingerprint density at radius 3 is 2.12 bits per heavy atom. The van der Waals surface area contributed by atoms with Crippen LogP contribution in [0.2, 0.25) is 0 Å². The number of rotatable bonds is 3. The Hall–Kier alpha value is -3.48. The molecule has 0 spiro atoms. The van der Waals surface area contributed by atoms with Gasteiger partial charge in [0.25, 0.3) is 11.8 Å². The van der Waals surface area contributed by atoms with Crippen LogP contribution in [0.25, 0.3) is 0 Å². The molecule has 0 unspecified atom stereocenters. The number of carbonyl (C=O) groups excluding carboxylic acids is 4. The maximum absolute atomic E-state index is 12.5. The summed E-state index contributed by atoms with van der Waals surface area (Å²) in [7, 11) is 0. The molecule has 0 aromatic heterocycles. The number of fused-ring (bicyclic) bond motifs is 1. The number of hydrogen-bond donors (Lipinski definition) is 1. The second kappa shape index (κ2) is 6.20. The third-order valence-electron chi connectivity index (χ3n) is 3.72. The Morgan fingerprint density at radius 2 is 1.56 bits per heavy atom. The van der Waals surface area contributed by atoms with Crippen molar-refractivity contribution < 1.29 is 24.0 Å². The molecule has 0 saturated heterocycles. The molecule has 3 amide bonds. The first-order valence-electron chi connectivity index (χ1n) is 7.47. The predicted octanol–water partition coefficient (Wildman–Crippen LogP) is 2.32. The molecule has 2 aromatic rings. The van der Waals surface area contributed by atoms with Crippen LogP contribution < -0.4 is 5.32 Å². The zero-order valence-electron chi connectivity index (χ0n) is 13.5. The number of carbonyl (C=O) groups is 4. The van der Waals surface area contributed by atoms with Crippen LogP contribution in [-0.2, 0) is 9.63 Å². The molecule has 1 heterocycles. The van der Waals surface area contributed by atoms with Crippen LogP contribution in [0.4, 0.5) is 5.69 Å². The molecular formula is C18H14N2O5. The van der Waals surface area contributed by atoms with Crippen molar-refractivity contribution >= 4 is 29.4 Å². The number of benzene rings is 2. The van der Waals surface area contributed by atoms with Gasteiger partial charge in [-0.05, 0) is 30.7 Å². The van der Waals surface area contributed by atoms with Crippen molar-refractivity contribution in [2.75, 3.05) is 5.32 Å². The van der Waals surface area contributed by atoms with Crippen LogP contribution in [0.15, 0.2) is 42.5 Å². The molecule has 0 saturated carbocycles. The van der Waals surface area contributed by atoms with E-state index in [0.717, 1.165) is 0 Å². The van der Waals surface area contributed by atoms with E-state index in [1.807, 2.05) is 0 Å². The number of anilines is 1. The smallest absolute Gasteiger partial charge is 0.325 e. The van der Waals surface area contributed by atoms with E-state index in [9.17, 15) is 19.2 Å². The monoisotopic (exact) mass is 338 g/mol. The molecule has 2 aromatic carbocycles. The molecule has 126 valence electrons. The number of aryl methyl sites for hydroxylation is 1. The van der Waals surface area contributed by atoms with Gasteiger partial charge in [-0.3, -0.25) is 14.4 Å². The summed E-state index contributed by atoms with van der Waals surface area (Å²) in [4.78, 5) is 53.4. The fourth-order valence-electron chi connectivity index (χ4n) is 2.56. The molecule has 7 heteroatoms. The second-order valence-corrected chi connectivity index (χ2v) is 5.51. The number of nitrogens with one attached hydrogen (secondary N) is 1. The van der Waals surface area contributed by atoms with Gasteiger partial charge in [0.1, 0.15) is 0 Å². The van der Waals surface area contributed by atoms with Crippen LogP contribution in [-0.4, -0.2) is 28.8 Å². The third-order valence-corrected chi connectivity index (χ3v) is 3.72. The molecule has 7 nitrogen and oxygen atoms in total. The zero-order chi connectivity index (χ0) is 18.1. The highest BCUT2D eigenvalue weighted by molar-refractivity contribution is 6.21. The lowest BCUT2D eigenvalue weighted by Crippen LogP contribution is -2.33. The van der Waals surface area contributed by atoms with Crippen LogP contribution in [0.5, 0.6) is 0 Å². The van der Waals surface area contributed by atoms with E-state index < -0.39 is 17.8 Å². The summed E-state index contributed by atoms with van der Waals surface area (Å²) in [6.45, 7) is 3.02. The first kappa shape index (κ1) is 16.4. The average Bonchev–Trinajstić information content (AvgIpc) is 2.82. The number of nitrogens with zero attached hydrogens (tertiary/aromatic N) is 1. The average molecular weight is 338 g/mol. The van der Waals surface area contributed by atoms with E-state index in [1.165, 1.54) is 25.1 Å². The van der Waals surface area contributed by atoms with Gasteiger partial charge in [0.15, 0.2) is 0 Å². The summed E-state index contributed by atoms with van der Waals surface area (Å²) in [5, 5.41) is 3.00. The third kappa shape index (κ3) is 2.87. The van der Waals surface area contributed by atoms with Crippen molar-refractivity contribution in [2.24, 2.45) is 0 Å². The standard InChI is InChI=1S/C18H14N2O5/c1-10-6-5-9-14(15(10)19-11(2)21)18(24)25-20-16(22)12-7-3-4-8-13(12)17(20)23/h3-9H,1-2H3,(H,19,21). The van der Waals surface area contributed by atoms with Gasteiger partial charge in [-0.15, -0.1) is 0 Å². The fraction of sp³-hybridized carbons (Fsp3) is 0.111.